The molecule has 0 saturated carbocycles. The quantitative estimate of drug-likeness (QED) is 0.659. The Morgan fingerprint density at radius 2 is 1.81 bits per heavy atom. The molecule has 0 radical (unpaired) electrons. The minimum atomic E-state index is -3.24. The van der Waals surface area contributed by atoms with E-state index in [0.717, 1.165) is 18.7 Å². The second kappa shape index (κ2) is 9.15. The van der Waals surface area contributed by atoms with E-state index >= 15 is 0 Å². The number of rotatable bonds is 10. The summed E-state index contributed by atoms with van der Waals surface area (Å²) < 4.78 is 29.9. The number of benzene rings is 1. The zero-order valence-corrected chi connectivity index (χ0v) is 13.7. The van der Waals surface area contributed by atoms with Crippen molar-refractivity contribution < 1.29 is 13.2 Å². The molecule has 0 atom stereocenters. The van der Waals surface area contributed by atoms with E-state index in [0.29, 0.717) is 31.2 Å². The Hall–Kier alpha value is -0.950. The topological polar surface area (TPSA) is 72.6 Å². The third-order valence-corrected chi connectivity index (χ3v) is 5.11. The molecule has 0 aliphatic carbocycles. The van der Waals surface area contributed by atoms with Gasteiger partial charge in [0, 0.05) is 26.2 Å². The molecule has 0 aromatic heterocycles. The molecule has 1 rings (SSSR count). The van der Waals surface area contributed by atoms with Gasteiger partial charge >= 0.3 is 0 Å². The van der Waals surface area contributed by atoms with Gasteiger partial charge in [0.25, 0.3) is 0 Å². The van der Waals surface area contributed by atoms with Crippen LogP contribution in [-0.4, -0.2) is 51.9 Å². The van der Waals surface area contributed by atoms with Gasteiger partial charge in [0.2, 0.25) is 0 Å². The van der Waals surface area contributed by atoms with Crippen molar-refractivity contribution in [1.29, 1.82) is 0 Å². The molecule has 1 aromatic rings. The number of hydrogen-bond acceptors (Lipinski definition) is 5. The van der Waals surface area contributed by atoms with Crippen LogP contribution in [0.15, 0.2) is 29.2 Å². The molecule has 0 unspecified atom stereocenters. The van der Waals surface area contributed by atoms with Crippen LogP contribution in [-0.2, 0) is 21.1 Å². The predicted octanol–water partition coefficient (Wildman–Crippen LogP) is 1.28. The first kappa shape index (κ1) is 18.1. The van der Waals surface area contributed by atoms with Gasteiger partial charge in [0.05, 0.1) is 17.3 Å². The molecule has 21 heavy (non-hydrogen) atoms. The fraction of sp³-hybridized carbons (Fsp3) is 0.600. The summed E-state index contributed by atoms with van der Waals surface area (Å²) in [7, 11) is -3.24. The summed E-state index contributed by atoms with van der Waals surface area (Å²) in [5, 5.41) is 0. The third kappa shape index (κ3) is 6.13. The molecule has 0 heterocycles. The minimum Gasteiger partial charge on any atom is -0.380 e. The molecule has 0 fully saturated rings. The number of sulfone groups is 1. The van der Waals surface area contributed by atoms with E-state index in [1.165, 1.54) is 0 Å². The van der Waals surface area contributed by atoms with Crippen molar-refractivity contribution in [3.05, 3.63) is 29.8 Å². The molecule has 0 saturated heterocycles. The number of nitrogens with zero attached hydrogens (tertiary/aromatic N) is 1. The second-order valence-corrected chi connectivity index (χ2v) is 6.91. The van der Waals surface area contributed by atoms with Crippen LogP contribution >= 0.6 is 0 Å². The van der Waals surface area contributed by atoms with Crippen molar-refractivity contribution in [3.63, 3.8) is 0 Å². The predicted molar refractivity (Wildman–Crippen MR) is 85.0 cm³/mol. The van der Waals surface area contributed by atoms with E-state index < -0.39 is 9.84 Å². The minimum absolute atomic E-state index is 0.120. The van der Waals surface area contributed by atoms with E-state index in [1.54, 1.807) is 24.3 Å². The van der Waals surface area contributed by atoms with Crippen LogP contribution in [0.5, 0.6) is 0 Å². The van der Waals surface area contributed by atoms with Gasteiger partial charge < -0.3 is 15.4 Å². The molecule has 0 aliphatic rings. The smallest absolute Gasteiger partial charge is 0.179 e. The highest BCUT2D eigenvalue weighted by atomic mass is 32.2. The van der Waals surface area contributed by atoms with Crippen LogP contribution in [0.1, 0.15) is 19.4 Å². The first-order valence-electron chi connectivity index (χ1n) is 7.35. The normalized spacial score (nSPS) is 12.0. The molecule has 0 bridgehead atoms. The van der Waals surface area contributed by atoms with Gasteiger partial charge in [-0.25, -0.2) is 8.42 Å². The lowest BCUT2D eigenvalue weighted by Gasteiger charge is -2.20. The Balaban J connectivity index is 2.58. The summed E-state index contributed by atoms with van der Waals surface area (Å²) in [5.74, 6) is 0.120. The van der Waals surface area contributed by atoms with E-state index in [4.69, 9.17) is 10.5 Å². The van der Waals surface area contributed by atoms with Crippen LogP contribution in [0.3, 0.4) is 0 Å². The monoisotopic (exact) mass is 314 g/mol. The summed E-state index contributed by atoms with van der Waals surface area (Å²) >= 11 is 0. The maximum absolute atomic E-state index is 12.3. The highest BCUT2D eigenvalue weighted by Gasteiger charge is 2.15. The Morgan fingerprint density at radius 3 is 2.33 bits per heavy atom. The van der Waals surface area contributed by atoms with Gasteiger partial charge in [-0.1, -0.05) is 19.1 Å². The lowest BCUT2D eigenvalue weighted by Crippen LogP contribution is -2.32. The first-order chi connectivity index (χ1) is 10.0. The van der Waals surface area contributed by atoms with Gasteiger partial charge in [0.15, 0.2) is 9.84 Å². The van der Waals surface area contributed by atoms with E-state index in [2.05, 4.69) is 4.90 Å². The number of nitrogens with two attached hydrogens (primary N) is 1. The summed E-state index contributed by atoms with van der Waals surface area (Å²) in [4.78, 5) is 2.45. The molecule has 6 heteroatoms. The maximum atomic E-state index is 12.3. The van der Waals surface area contributed by atoms with Crippen LogP contribution in [0.25, 0.3) is 0 Å². The lowest BCUT2D eigenvalue weighted by molar-refractivity contribution is 0.117. The number of likely N-dealkylation sites (N-methyl/N-ethyl adjacent to an activating group) is 1. The van der Waals surface area contributed by atoms with Crippen molar-refractivity contribution in [1.82, 2.24) is 4.90 Å². The molecular formula is C15H26N2O3S. The highest BCUT2D eigenvalue weighted by Crippen LogP contribution is 2.12. The molecule has 0 spiro atoms. The largest absolute Gasteiger partial charge is 0.380 e. The Bertz CT molecular complexity index is 500. The zero-order valence-electron chi connectivity index (χ0n) is 12.9. The lowest BCUT2D eigenvalue weighted by atomic mass is 10.2. The first-order valence-corrected chi connectivity index (χ1v) is 9.00. The van der Waals surface area contributed by atoms with Crippen molar-refractivity contribution >= 4 is 9.84 Å². The van der Waals surface area contributed by atoms with Crippen LogP contribution < -0.4 is 5.73 Å². The zero-order chi connectivity index (χ0) is 15.7. The van der Waals surface area contributed by atoms with E-state index in [1.807, 2.05) is 13.8 Å². The van der Waals surface area contributed by atoms with Gasteiger partial charge in [0.1, 0.15) is 0 Å². The van der Waals surface area contributed by atoms with Gasteiger partial charge in [-0.05, 0) is 31.2 Å². The maximum Gasteiger partial charge on any atom is 0.179 e. The molecule has 0 amide bonds. The van der Waals surface area contributed by atoms with Gasteiger partial charge in [-0.2, -0.15) is 0 Å². The summed E-state index contributed by atoms with van der Waals surface area (Å²) in [6, 6.07) is 6.79. The van der Waals surface area contributed by atoms with Crippen LogP contribution in [0.2, 0.25) is 0 Å². The fourth-order valence-electron chi connectivity index (χ4n) is 1.97. The van der Waals surface area contributed by atoms with Crippen molar-refractivity contribution in [2.75, 3.05) is 38.6 Å². The summed E-state index contributed by atoms with van der Waals surface area (Å²) in [5.41, 5.74) is 6.45. The average molecular weight is 314 g/mol. The Labute approximate surface area is 128 Å². The molecule has 0 aliphatic heterocycles. The summed E-state index contributed by atoms with van der Waals surface area (Å²) in [6.45, 7) is 7.80. The van der Waals surface area contributed by atoms with Crippen molar-refractivity contribution in [2.24, 2.45) is 5.73 Å². The highest BCUT2D eigenvalue weighted by molar-refractivity contribution is 7.91. The van der Waals surface area contributed by atoms with E-state index in [-0.39, 0.29) is 5.75 Å². The summed E-state index contributed by atoms with van der Waals surface area (Å²) in [6.07, 6.45) is 0. The Kier molecular flexibility index (Phi) is 7.88. The standard InChI is InChI=1S/C15H26N2O3S/c1-3-17(9-11-20-4-2)10-12-21(18,19)15-7-5-14(13-16)6-8-15/h5-8H,3-4,9-13,16H2,1-2H3. The van der Waals surface area contributed by atoms with Crippen molar-refractivity contribution in [3.8, 4) is 0 Å². The van der Waals surface area contributed by atoms with Gasteiger partial charge in [-0.3, -0.25) is 0 Å². The van der Waals surface area contributed by atoms with Crippen LogP contribution in [0, 0.1) is 0 Å². The van der Waals surface area contributed by atoms with Crippen LogP contribution in [0.4, 0.5) is 0 Å². The van der Waals surface area contributed by atoms with E-state index in [9.17, 15) is 8.42 Å². The Morgan fingerprint density at radius 1 is 1.14 bits per heavy atom. The molecule has 120 valence electrons. The molecule has 2 N–H and O–H groups in total. The molecular weight excluding hydrogens is 288 g/mol. The molecule has 5 nitrogen and oxygen atoms in total. The third-order valence-electron chi connectivity index (χ3n) is 3.40. The average Bonchev–Trinajstić information content (AvgIpc) is 2.50. The number of ether oxygens (including phenoxy) is 1. The van der Waals surface area contributed by atoms with Crippen molar-refractivity contribution in [2.45, 2.75) is 25.3 Å². The number of hydrogen-bond donors (Lipinski definition) is 1. The second-order valence-electron chi connectivity index (χ2n) is 4.80. The molecule has 1 aromatic carbocycles. The fourth-order valence-corrected chi connectivity index (χ4v) is 3.25. The SMILES string of the molecule is CCOCCN(CC)CCS(=O)(=O)c1ccc(CN)cc1. The van der Waals surface area contributed by atoms with Gasteiger partial charge in [-0.15, -0.1) is 0 Å².